The number of rotatable bonds is 8. The zero-order valence-electron chi connectivity index (χ0n) is 15.4. The maximum atomic E-state index is 14.0. The Labute approximate surface area is 167 Å². The number of imidazole rings is 1. The van der Waals surface area contributed by atoms with Gasteiger partial charge in [-0.25, -0.2) is 9.37 Å². The highest BCUT2D eigenvalue weighted by molar-refractivity contribution is 8.00. The van der Waals surface area contributed by atoms with E-state index in [0.29, 0.717) is 17.0 Å². The second kappa shape index (κ2) is 9.32. The molecule has 0 saturated carbocycles. The lowest BCUT2D eigenvalue weighted by molar-refractivity contribution is -0.118. The molecular weight excluding hydrogens is 377 g/mol. The molecule has 1 amide bonds. The largest absolute Gasteiger partial charge is 0.351 e. The molecule has 0 fully saturated rings. The van der Waals surface area contributed by atoms with Gasteiger partial charge in [0.2, 0.25) is 5.91 Å². The van der Waals surface area contributed by atoms with Crippen LogP contribution in [0.3, 0.4) is 0 Å². The third kappa shape index (κ3) is 5.53. The summed E-state index contributed by atoms with van der Waals surface area (Å²) in [6.07, 6.45) is 5.41. The van der Waals surface area contributed by atoms with E-state index < -0.39 is 5.82 Å². The third-order valence-corrected chi connectivity index (χ3v) is 5.18. The Kier molecular flexibility index (Phi) is 6.60. The summed E-state index contributed by atoms with van der Waals surface area (Å²) in [6, 6.07) is 12.3. The number of ketones is 1. The Morgan fingerprint density at radius 3 is 2.54 bits per heavy atom. The summed E-state index contributed by atoms with van der Waals surface area (Å²) in [5, 5.41) is 2.83. The molecule has 7 heteroatoms. The van der Waals surface area contributed by atoms with Crippen molar-refractivity contribution in [3.63, 3.8) is 0 Å². The molecule has 0 unspecified atom stereocenters. The van der Waals surface area contributed by atoms with E-state index in [4.69, 9.17) is 0 Å². The van der Waals surface area contributed by atoms with Crippen LogP contribution in [0.5, 0.6) is 0 Å². The van der Waals surface area contributed by atoms with Crippen LogP contribution in [0.25, 0.3) is 0 Å². The molecule has 144 valence electrons. The first-order valence-electron chi connectivity index (χ1n) is 8.75. The van der Waals surface area contributed by atoms with Crippen LogP contribution >= 0.6 is 11.8 Å². The van der Waals surface area contributed by atoms with Crippen LogP contribution in [0.2, 0.25) is 0 Å². The number of carbonyl (C=O) groups is 2. The standard InChI is InChI=1S/C21H20FN3O2S/c1-15(26)18-6-7-20(19(22)10-18)28-13-21(27)24-11-16-2-4-17(5-3-16)12-25-9-8-23-14-25/h2-10,14H,11-13H2,1H3,(H,24,27). The minimum atomic E-state index is -0.487. The number of halogens is 1. The Morgan fingerprint density at radius 1 is 1.14 bits per heavy atom. The molecule has 1 aromatic heterocycles. The summed E-state index contributed by atoms with van der Waals surface area (Å²) >= 11 is 1.11. The van der Waals surface area contributed by atoms with Gasteiger partial charge in [-0.15, -0.1) is 11.8 Å². The van der Waals surface area contributed by atoms with E-state index >= 15 is 0 Å². The molecule has 3 rings (SSSR count). The van der Waals surface area contributed by atoms with Gasteiger partial charge in [0.05, 0.1) is 12.1 Å². The topological polar surface area (TPSA) is 64.0 Å². The number of hydrogen-bond acceptors (Lipinski definition) is 4. The maximum absolute atomic E-state index is 14.0. The molecule has 0 radical (unpaired) electrons. The van der Waals surface area contributed by atoms with Crippen LogP contribution in [-0.4, -0.2) is 27.0 Å². The Balaban J connectivity index is 1.46. The zero-order valence-corrected chi connectivity index (χ0v) is 16.2. The molecule has 28 heavy (non-hydrogen) atoms. The van der Waals surface area contributed by atoms with E-state index in [0.717, 1.165) is 29.4 Å². The number of thioether (sulfide) groups is 1. The minimum absolute atomic E-state index is 0.106. The number of nitrogens with one attached hydrogen (secondary N) is 1. The van der Waals surface area contributed by atoms with E-state index in [1.165, 1.54) is 19.1 Å². The van der Waals surface area contributed by atoms with E-state index in [9.17, 15) is 14.0 Å². The van der Waals surface area contributed by atoms with Gasteiger partial charge in [-0.05, 0) is 30.2 Å². The first kappa shape index (κ1) is 19.8. The lowest BCUT2D eigenvalue weighted by Crippen LogP contribution is -2.24. The molecule has 0 aliphatic heterocycles. The molecule has 0 spiro atoms. The molecular formula is C21H20FN3O2S. The van der Waals surface area contributed by atoms with Crippen molar-refractivity contribution in [1.82, 2.24) is 14.9 Å². The van der Waals surface area contributed by atoms with E-state index in [1.54, 1.807) is 18.6 Å². The zero-order chi connectivity index (χ0) is 19.9. The Hall–Kier alpha value is -2.93. The second-order valence-corrected chi connectivity index (χ2v) is 7.34. The fourth-order valence-corrected chi connectivity index (χ4v) is 3.34. The Morgan fingerprint density at radius 2 is 1.89 bits per heavy atom. The number of carbonyl (C=O) groups excluding carboxylic acids is 2. The SMILES string of the molecule is CC(=O)c1ccc(SCC(=O)NCc2ccc(Cn3ccnc3)cc2)c(F)c1. The van der Waals surface area contributed by atoms with Crippen molar-refractivity contribution in [3.8, 4) is 0 Å². The summed E-state index contributed by atoms with van der Waals surface area (Å²) in [4.78, 5) is 27.7. The lowest BCUT2D eigenvalue weighted by Gasteiger charge is -2.08. The van der Waals surface area contributed by atoms with Gasteiger partial charge in [0.1, 0.15) is 5.82 Å². The van der Waals surface area contributed by atoms with Gasteiger partial charge in [0.15, 0.2) is 5.78 Å². The van der Waals surface area contributed by atoms with Gasteiger partial charge in [-0.2, -0.15) is 0 Å². The van der Waals surface area contributed by atoms with Crippen molar-refractivity contribution < 1.29 is 14.0 Å². The highest BCUT2D eigenvalue weighted by Gasteiger charge is 2.09. The van der Waals surface area contributed by atoms with Crippen LogP contribution in [-0.2, 0) is 17.9 Å². The highest BCUT2D eigenvalue weighted by Crippen LogP contribution is 2.22. The lowest BCUT2D eigenvalue weighted by atomic mass is 10.1. The van der Waals surface area contributed by atoms with Crippen LogP contribution in [0.4, 0.5) is 4.39 Å². The molecule has 0 bridgehead atoms. The maximum Gasteiger partial charge on any atom is 0.230 e. The van der Waals surface area contributed by atoms with Crippen molar-refractivity contribution in [2.24, 2.45) is 0 Å². The molecule has 2 aromatic carbocycles. The Bertz CT molecular complexity index is 956. The van der Waals surface area contributed by atoms with Crippen LogP contribution in [0.15, 0.2) is 66.1 Å². The molecule has 3 aromatic rings. The van der Waals surface area contributed by atoms with Crippen molar-refractivity contribution in [2.45, 2.75) is 24.9 Å². The van der Waals surface area contributed by atoms with Crippen molar-refractivity contribution in [2.75, 3.05) is 5.75 Å². The molecule has 0 aliphatic rings. The van der Waals surface area contributed by atoms with Crippen molar-refractivity contribution >= 4 is 23.5 Å². The number of hydrogen-bond donors (Lipinski definition) is 1. The van der Waals surface area contributed by atoms with Crippen molar-refractivity contribution in [1.29, 1.82) is 0 Å². The minimum Gasteiger partial charge on any atom is -0.351 e. The van der Waals surface area contributed by atoms with Gasteiger partial charge in [-0.3, -0.25) is 9.59 Å². The van der Waals surface area contributed by atoms with E-state index in [-0.39, 0.29) is 17.4 Å². The van der Waals surface area contributed by atoms with Crippen LogP contribution in [0, 0.1) is 5.82 Å². The normalized spacial score (nSPS) is 10.6. The fraction of sp³-hybridized carbons (Fsp3) is 0.190. The number of benzene rings is 2. The molecule has 5 nitrogen and oxygen atoms in total. The van der Waals surface area contributed by atoms with Gasteiger partial charge >= 0.3 is 0 Å². The number of nitrogens with zero attached hydrogens (tertiary/aromatic N) is 2. The van der Waals surface area contributed by atoms with Gasteiger partial charge in [0, 0.05) is 35.9 Å². The van der Waals surface area contributed by atoms with E-state index in [1.807, 2.05) is 35.0 Å². The predicted molar refractivity (Wildman–Crippen MR) is 107 cm³/mol. The van der Waals surface area contributed by atoms with Crippen molar-refractivity contribution in [3.05, 3.63) is 83.7 Å². The first-order chi connectivity index (χ1) is 13.5. The number of aromatic nitrogens is 2. The van der Waals surface area contributed by atoms with Gasteiger partial charge < -0.3 is 9.88 Å². The van der Waals surface area contributed by atoms with Crippen LogP contribution in [0.1, 0.15) is 28.4 Å². The third-order valence-electron chi connectivity index (χ3n) is 4.13. The number of Topliss-reactive ketones (excluding diaryl/α,β-unsaturated/α-hetero) is 1. The molecule has 1 N–H and O–H groups in total. The van der Waals surface area contributed by atoms with E-state index in [2.05, 4.69) is 10.3 Å². The van der Waals surface area contributed by atoms with Gasteiger partial charge in [0.25, 0.3) is 0 Å². The van der Waals surface area contributed by atoms with Gasteiger partial charge in [-0.1, -0.05) is 30.3 Å². The first-order valence-corrected chi connectivity index (χ1v) is 9.73. The summed E-state index contributed by atoms with van der Waals surface area (Å²) in [6.45, 7) is 2.55. The quantitative estimate of drug-likeness (QED) is 0.465. The average molecular weight is 397 g/mol. The number of amides is 1. The predicted octanol–water partition coefficient (Wildman–Crippen LogP) is 3.68. The molecule has 1 heterocycles. The fourth-order valence-electron chi connectivity index (χ4n) is 2.59. The molecule has 0 saturated heterocycles. The monoisotopic (exact) mass is 397 g/mol. The summed E-state index contributed by atoms with van der Waals surface area (Å²) in [5.74, 6) is -0.750. The highest BCUT2D eigenvalue weighted by atomic mass is 32.2. The van der Waals surface area contributed by atoms with Crippen LogP contribution < -0.4 is 5.32 Å². The summed E-state index contributed by atoms with van der Waals surface area (Å²) in [7, 11) is 0. The second-order valence-electron chi connectivity index (χ2n) is 6.32. The summed E-state index contributed by atoms with van der Waals surface area (Å²) < 4.78 is 16.0. The summed E-state index contributed by atoms with van der Waals surface area (Å²) in [5.41, 5.74) is 2.46. The average Bonchev–Trinajstić information content (AvgIpc) is 3.19. The molecule has 0 aliphatic carbocycles. The smallest absolute Gasteiger partial charge is 0.230 e. The molecule has 0 atom stereocenters.